The van der Waals surface area contributed by atoms with Gasteiger partial charge in [-0.25, -0.2) is 18.7 Å². The van der Waals surface area contributed by atoms with Gasteiger partial charge < -0.3 is 9.64 Å². The van der Waals surface area contributed by atoms with Crippen LogP contribution in [0.5, 0.6) is 5.75 Å². The molecule has 3 atom stereocenters. The summed E-state index contributed by atoms with van der Waals surface area (Å²) < 4.78 is 34.9. The first-order valence-electron chi connectivity index (χ1n) is 11.5. The highest BCUT2D eigenvalue weighted by molar-refractivity contribution is 5.67. The lowest BCUT2D eigenvalue weighted by molar-refractivity contribution is 0.257. The molecule has 34 heavy (non-hydrogen) atoms. The van der Waals surface area contributed by atoms with Crippen molar-refractivity contribution in [3.63, 3.8) is 0 Å². The Labute approximate surface area is 198 Å². The van der Waals surface area contributed by atoms with Gasteiger partial charge in [0, 0.05) is 31.4 Å². The van der Waals surface area contributed by atoms with Crippen molar-refractivity contribution in [3.8, 4) is 22.9 Å². The SMILES string of the molecule is CCc1cnc(N2CC3C(COc4c(C)cc(-c5ccc(C#N)c(F)c5)cc4F)C3(C)C2)nc1. The van der Waals surface area contributed by atoms with Crippen molar-refractivity contribution in [2.45, 2.75) is 27.2 Å². The number of piperidine rings is 1. The Morgan fingerprint density at radius 3 is 2.47 bits per heavy atom. The van der Waals surface area contributed by atoms with Crippen molar-refractivity contribution in [3.05, 3.63) is 71.1 Å². The zero-order valence-electron chi connectivity index (χ0n) is 19.5. The van der Waals surface area contributed by atoms with Crippen LogP contribution in [0.4, 0.5) is 14.7 Å². The van der Waals surface area contributed by atoms with E-state index in [1.807, 2.05) is 12.4 Å². The highest BCUT2D eigenvalue weighted by Gasteiger charge is 2.66. The van der Waals surface area contributed by atoms with Crippen LogP contribution in [0.3, 0.4) is 0 Å². The molecule has 0 radical (unpaired) electrons. The average molecular weight is 461 g/mol. The predicted molar refractivity (Wildman–Crippen MR) is 125 cm³/mol. The molecular weight excluding hydrogens is 434 g/mol. The number of halogens is 2. The first-order valence-corrected chi connectivity index (χ1v) is 11.5. The molecule has 7 heteroatoms. The van der Waals surface area contributed by atoms with Crippen molar-refractivity contribution < 1.29 is 13.5 Å². The highest BCUT2D eigenvalue weighted by atomic mass is 19.1. The van der Waals surface area contributed by atoms with E-state index in [4.69, 9.17) is 10.00 Å². The van der Waals surface area contributed by atoms with Gasteiger partial charge in [0.15, 0.2) is 11.6 Å². The topological polar surface area (TPSA) is 62.0 Å². The van der Waals surface area contributed by atoms with Crippen LogP contribution < -0.4 is 9.64 Å². The fraction of sp³-hybridized carbons (Fsp3) is 0.370. The summed E-state index contributed by atoms with van der Waals surface area (Å²) in [6.07, 6.45) is 4.69. The fourth-order valence-corrected chi connectivity index (χ4v) is 5.24. The Morgan fingerprint density at radius 1 is 1.15 bits per heavy atom. The summed E-state index contributed by atoms with van der Waals surface area (Å²) in [5.41, 5.74) is 2.92. The van der Waals surface area contributed by atoms with Crippen LogP contribution in [-0.2, 0) is 6.42 Å². The number of fused-ring (bicyclic) bond motifs is 1. The summed E-state index contributed by atoms with van der Waals surface area (Å²) >= 11 is 0. The minimum atomic E-state index is -0.618. The number of anilines is 1. The number of nitriles is 1. The summed E-state index contributed by atoms with van der Waals surface area (Å²) in [7, 11) is 0. The van der Waals surface area contributed by atoms with Gasteiger partial charge >= 0.3 is 0 Å². The van der Waals surface area contributed by atoms with Crippen molar-refractivity contribution in [1.29, 1.82) is 5.26 Å². The van der Waals surface area contributed by atoms with Gasteiger partial charge in [-0.1, -0.05) is 19.9 Å². The quantitative estimate of drug-likeness (QED) is 0.499. The smallest absolute Gasteiger partial charge is 0.225 e. The number of ether oxygens (including phenoxy) is 1. The van der Waals surface area contributed by atoms with Gasteiger partial charge in [0.1, 0.15) is 11.9 Å². The summed E-state index contributed by atoms with van der Waals surface area (Å²) in [5, 5.41) is 8.91. The molecule has 1 saturated carbocycles. The predicted octanol–water partition coefficient (Wildman–Crippen LogP) is 5.32. The molecule has 3 aromatic rings. The van der Waals surface area contributed by atoms with Gasteiger partial charge in [-0.3, -0.25) is 0 Å². The second-order valence-electron chi connectivity index (χ2n) is 9.57. The van der Waals surface area contributed by atoms with Crippen LogP contribution in [0, 0.1) is 47.1 Å². The molecule has 2 aromatic carbocycles. The molecular formula is C27H26F2N4O. The van der Waals surface area contributed by atoms with Crippen LogP contribution >= 0.6 is 0 Å². The Morgan fingerprint density at radius 2 is 1.88 bits per heavy atom. The number of aromatic nitrogens is 2. The van der Waals surface area contributed by atoms with Crippen LogP contribution in [0.1, 0.15) is 30.5 Å². The number of aryl methyl sites for hydroxylation is 2. The number of hydrogen-bond acceptors (Lipinski definition) is 5. The minimum Gasteiger partial charge on any atom is -0.490 e. The third-order valence-corrected chi connectivity index (χ3v) is 7.46. The summed E-state index contributed by atoms with van der Waals surface area (Å²) in [6, 6.07) is 9.22. The van der Waals surface area contributed by atoms with E-state index in [1.54, 1.807) is 25.1 Å². The summed E-state index contributed by atoms with van der Waals surface area (Å²) in [4.78, 5) is 11.2. The largest absolute Gasteiger partial charge is 0.490 e. The molecule has 0 bridgehead atoms. The van der Waals surface area contributed by atoms with Gasteiger partial charge in [-0.15, -0.1) is 0 Å². The van der Waals surface area contributed by atoms with Crippen molar-refractivity contribution >= 4 is 5.95 Å². The van der Waals surface area contributed by atoms with Crippen LogP contribution in [0.2, 0.25) is 0 Å². The van der Waals surface area contributed by atoms with E-state index in [0.717, 1.165) is 31.0 Å². The number of nitrogens with zero attached hydrogens (tertiary/aromatic N) is 4. The molecule has 1 saturated heterocycles. The van der Waals surface area contributed by atoms with E-state index in [2.05, 4.69) is 28.7 Å². The second kappa shape index (κ2) is 8.35. The average Bonchev–Trinajstić information content (AvgIpc) is 3.19. The summed E-state index contributed by atoms with van der Waals surface area (Å²) in [6.45, 7) is 8.31. The molecule has 0 amide bonds. The van der Waals surface area contributed by atoms with E-state index >= 15 is 0 Å². The van der Waals surface area contributed by atoms with Crippen LogP contribution in [0.15, 0.2) is 42.7 Å². The standard InChI is InChI=1S/C27H26F2N4O/c1-4-17-11-31-26(32-12-17)33-13-21-22(27(21,3)15-33)14-34-25-16(2)7-20(9-24(25)29)18-5-6-19(10-30)23(28)8-18/h5-9,11-12,21-22H,4,13-15H2,1-3H3. The van der Waals surface area contributed by atoms with E-state index in [9.17, 15) is 8.78 Å². The second-order valence-corrected chi connectivity index (χ2v) is 9.57. The Bertz CT molecular complexity index is 1260. The normalized spacial score (nSPS) is 22.9. The molecule has 2 aliphatic rings. The molecule has 1 aliphatic carbocycles. The molecule has 1 aromatic heterocycles. The molecule has 1 aliphatic heterocycles. The molecule has 2 heterocycles. The summed E-state index contributed by atoms with van der Waals surface area (Å²) in [5.74, 6) is 0.731. The van der Waals surface area contributed by atoms with Gasteiger partial charge in [0.2, 0.25) is 5.95 Å². The van der Waals surface area contributed by atoms with E-state index in [1.165, 1.54) is 18.2 Å². The van der Waals surface area contributed by atoms with Crippen LogP contribution in [0.25, 0.3) is 11.1 Å². The molecule has 174 valence electrons. The molecule has 3 unspecified atom stereocenters. The lowest BCUT2D eigenvalue weighted by atomic mass is 10.0. The van der Waals surface area contributed by atoms with E-state index in [0.29, 0.717) is 35.1 Å². The zero-order valence-corrected chi connectivity index (χ0v) is 19.5. The third kappa shape index (κ3) is 3.77. The van der Waals surface area contributed by atoms with E-state index < -0.39 is 11.6 Å². The van der Waals surface area contributed by atoms with Gasteiger partial charge in [0.05, 0.1) is 12.2 Å². The highest BCUT2D eigenvalue weighted by Crippen LogP contribution is 2.63. The van der Waals surface area contributed by atoms with Gasteiger partial charge in [-0.05, 0) is 71.2 Å². The Hall–Kier alpha value is -3.53. The monoisotopic (exact) mass is 460 g/mol. The fourth-order valence-electron chi connectivity index (χ4n) is 5.24. The minimum absolute atomic E-state index is 0.0347. The first kappa shape index (κ1) is 22.3. The lowest BCUT2D eigenvalue weighted by Crippen LogP contribution is -2.29. The maximum Gasteiger partial charge on any atom is 0.225 e. The van der Waals surface area contributed by atoms with Gasteiger partial charge in [0.25, 0.3) is 0 Å². The molecule has 2 fully saturated rings. The molecule has 0 N–H and O–H groups in total. The zero-order chi connectivity index (χ0) is 24.0. The van der Waals surface area contributed by atoms with Crippen LogP contribution in [-0.4, -0.2) is 29.7 Å². The molecule has 5 rings (SSSR count). The van der Waals surface area contributed by atoms with Crippen molar-refractivity contribution in [1.82, 2.24) is 9.97 Å². The molecule has 0 spiro atoms. The maximum atomic E-state index is 14.9. The first-order chi connectivity index (χ1) is 16.3. The lowest BCUT2D eigenvalue weighted by Gasteiger charge is -2.22. The maximum absolute atomic E-state index is 14.9. The van der Waals surface area contributed by atoms with Crippen molar-refractivity contribution in [2.24, 2.45) is 17.3 Å². The number of benzene rings is 2. The molecule has 5 nitrogen and oxygen atoms in total. The van der Waals surface area contributed by atoms with Crippen molar-refractivity contribution in [2.75, 3.05) is 24.6 Å². The Balaban J connectivity index is 1.24. The Kier molecular flexibility index (Phi) is 5.47. The number of hydrogen-bond donors (Lipinski definition) is 0. The number of rotatable bonds is 6. The van der Waals surface area contributed by atoms with E-state index in [-0.39, 0.29) is 16.7 Å². The van der Waals surface area contributed by atoms with Gasteiger partial charge in [-0.2, -0.15) is 5.26 Å². The third-order valence-electron chi connectivity index (χ3n) is 7.46.